The van der Waals surface area contributed by atoms with Crippen molar-refractivity contribution < 1.29 is 19.7 Å². The maximum Gasteiger partial charge on any atom is 0.303 e. The standard InChI is InChI=1S/C30H36Cl2N2O4/c1-38-23-9-10-27-25(18-23)24(12-14-33-27)28(35)11-8-20-13-16-34(19-22(20)17-29(36)37)15-3-2-5-21-6-4-7-26(31)30(21)32/h4,6-7,9-10,12,14,18,20,22,28,35H,2-3,5,8,11,13,15-17,19H2,1H3,(H,36,37)/t20-,22+,28+/m1/s1. The Balaban J connectivity index is 1.31. The van der Waals surface area contributed by atoms with E-state index in [1.807, 2.05) is 36.4 Å². The molecule has 3 atom stereocenters. The van der Waals surface area contributed by atoms with E-state index in [0.717, 1.165) is 79.5 Å². The minimum atomic E-state index is -0.759. The van der Waals surface area contributed by atoms with Crippen molar-refractivity contribution in [2.75, 3.05) is 26.7 Å². The number of aryl methyl sites for hydroxylation is 1. The van der Waals surface area contributed by atoms with Crippen LogP contribution in [-0.2, 0) is 11.2 Å². The Hall–Kier alpha value is -2.38. The molecule has 0 unspecified atom stereocenters. The second-order valence-corrected chi connectivity index (χ2v) is 11.0. The Morgan fingerprint density at radius 2 is 2.03 bits per heavy atom. The van der Waals surface area contributed by atoms with Crippen molar-refractivity contribution in [3.05, 3.63) is 69.8 Å². The van der Waals surface area contributed by atoms with E-state index in [1.54, 1.807) is 19.4 Å². The summed E-state index contributed by atoms with van der Waals surface area (Å²) >= 11 is 12.4. The molecule has 0 spiro atoms. The topological polar surface area (TPSA) is 82.9 Å². The first kappa shape index (κ1) is 28.6. The van der Waals surface area contributed by atoms with E-state index in [9.17, 15) is 15.0 Å². The number of ether oxygens (including phenoxy) is 1. The molecule has 1 fully saturated rings. The molecule has 3 aromatic rings. The van der Waals surface area contributed by atoms with Gasteiger partial charge in [0.15, 0.2) is 0 Å². The van der Waals surface area contributed by atoms with E-state index >= 15 is 0 Å². The lowest BCUT2D eigenvalue weighted by molar-refractivity contribution is -0.139. The van der Waals surface area contributed by atoms with E-state index in [-0.39, 0.29) is 18.3 Å². The highest BCUT2D eigenvalue weighted by atomic mass is 35.5. The molecule has 2 aromatic carbocycles. The van der Waals surface area contributed by atoms with Gasteiger partial charge in [-0.2, -0.15) is 0 Å². The number of fused-ring (bicyclic) bond motifs is 1. The van der Waals surface area contributed by atoms with Crippen molar-refractivity contribution in [1.82, 2.24) is 9.88 Å². The first-order chi connectivity index (χ1) is 18.4. The van der Waals surface area contributed by atoms with E-state index in [1.165, 1.54) is 0 Å². The number of aromatic nitrogens is 1. The second kappa shape index (κ2) is 13.6. The lowest BCUT2D eigenvalue weighted by Gasteiger charge is -2.38. The average molecular weight is 560 g/mol. The summed E-state index contributed by atoms with van der Waals surface area (Å²) in [6.45, 7) is 2.67. The highest BCUT2D eigenvalue weighted by Gasteiger charge is 2.31. The quantitative estimate of drug-likeness (QED) is 0.238. The summed E-state index contributed by atoms with van der Waals surface area (Å²) < 4.78 is 5.36. The molecular formula is C30H36Cl2N2O4. The van der Waals surface area contributed by atoms with Gasteiger partial charge < -0.3 is 19.8 Å². The van der Waals surface area contributed by atoms with Gasteiger partial charge in [0.25, 0.3) is 0 Å². The fourth-order valence-electron chi connectivity index (χ4n) is 5.68. The largest absolute Gasteiger partial charge is 0.497 e. The summed E-state index contributed by atoms with van der Waals surface area (Å²) in [6, 6.07) is 13.3. The lowest BCUT2D eigenvalue weighted by atomic mass is 9.79. The first-order valence-electron chi connectivity index (χ1n) is 13.3. The van der Waals surface area contributed by atoms with Gasteiger partial charge in [0.2, 0.25) is 0 Å². The summed E-state index contributed by atoms with van der Waals surface area (Å²) in [6.07, 6.45) is 6.44. The zero-order valence-corrected chi connectivity index (χ0v) is 23.3. The van der Waals surface area contributed by atoms with Crippen LogP contribution in [-0.4, -0.2) is 52.8 Å². The van der Waals surface area contributed by atoms with Crippen LogP contribution in [0, 0.1) is 11.8 Å². The van der Waals surface area contributed by atoms with Crippen LogP contribution in [0.5, 0.6) is 5.75 Å². The molecule has 1 saturated heterocycles. The molecule has 6 nitrogen and oxygen atoms in total. The fourth-order valence-corrected chi connectivity index (χ4v) is 6.09. The number of pyridine rings is 1. The van der Waals surface area contributed by atoms with Crippen molar-refractivity contribution in [3.8, 4) is 5.75 Å². The molecule has 0 bridgehead atoms. The number of unbranched alkanes of at least 4 members (excludes halogenated alkanes) is 1. The molecule has 0 amide bonds. The minimum Gasteiger partial charge on any atom is -0.497 e. The molecule has 38 heavy (non-hydrogen) atoms. The highest BCUT2D eigenvalue weighted by Crippen LogP contribution is 2.35. The van der Waals surface area contributed by atoms with Crippen molar-refractivity contribution in [3.63, 3.8) is 0 Å². The number of carboxylic acids is 1. The van der Waals surface area contributed by atoms with Crippen LogP contribution in [0.3, 0.4) is 0 Å². The smallest absolute Gasteiger partial charge is 0.303 e. The second-order valence-electron chi connectivity index (χ2n) is 10.3. The van der Waals surface area contributed by atoms with Gasteiger partial charge in [-0.05, 0) is 105 Å². The molecule has 1 aliphatic rings. The van der Waals surface area contributed by atoms with Crippen molar-refractivity contribution in [1.29, 1.82) is 0 Å². The van der Waals surface area contributed by atoms with E-state index in [4.69, 9.17) is 27.9 Å². The Morgan fingerprint density at radius 3 is 2.82 bits per heavy atom. The van der Waals surface area contributed by atoms with E-state index < -0.39 is 12.1 Å². The number of piperidine rings is 1. The number of hydrogen-bond donors (Lipinski definition) is 2. The van der Waals surface area contributed by atoms with Crippen LogP contribution in [0.15, 0.2) is 48.7 Å². The van der Waals surface area contributed by atoms with Gasteiger partial charge in [-0.1, -0.05) is 35.3 Å². The van der Waals surface area contributed by atoms with Gasteiger partial charge >= 0.3 is 5.97 Å². The number of aliphatic hydroxyl groups excluding tert-OH is 1. The molecular weight excluding hydrogens is 523 g/mol. The number of carboxylic acid groups (broad SMARTS) is 1. The number of halogens is 2. The van der Waals surface area contributed by atoms with Crippen LogP contribution in [0.2, 0.25) is 10.0 Å². The maximum absolute atomic E-state index is 11.7. The van der Waals surface area contributed by atoms with Crippen molar-refractivity contribution >= 4 is 40.1 Å². The van der Waals surface area contributed by atoms with Crippen LogP contribution in [0.4, 0.5) is 0 Å². The molecule has 8 heteroatoms. The molecule has 0 radical (unpaired) electrons. The minimum absolute atomic E-state index is 0.0742. The number of hydrogen-bond acceptors (Lipinski definition) is 5. The number of aliphatic carboxylic acids is 1. The number of methoxy groups -OCH3 is 1. The predicted octanol–water partition coefficient (Wildman–Crippen LogP) is 6.80. The first-order valence-corrected chi connectivity index (χ1v) is 14.1. The normalized spacial score (nSPS) is 18.9. The molecule has 204 valence electrons. The summed E-state index contributed by atoms with van der Waals surface area (Å²) in [5.74, 6) is 0.309. The lowest BCUT2D eigenvalue weighted by Crippen LogP contribution is -2.41. The molecule has 2 N–H and O–H groups in total. The Labute approximate surface area is 234 Å². The van der Waals surface area contributed by atoms with Crippen LogP contribution in [0.1, 0.15) is 55.8 Å². The number of likely N-dealkylation sites (tertiary alicyclic amines) is 1. The average Bonchev–Trinajstić information content (AvgIpc) is 2.91. The fraction of sp³-hybridized carbons (Fsp3) is 0.467. The molecule has 0 saturated carbocycles. The summed E-state index contributed by atoms with van der Waals surface area (Å²) in [4.78, 5) is 18.5. The molecule has 0 aliphatic carbocycles. The maximum atomic E-state index is 11.7. The molecule has 4 rings (SSSR count). The van der Waals surface area contributed by atoms with E-state index in [2.05, 4.69) is 9.88 Å². The SMILES string of the molecule is COc1ccc2nccc([C@@H](O)CC[C@@H]3CCN(CCCCc4cccc(Cl)c4Cl)C[C@@H]3CC(=O)O)c2c1. The molecule has 1 aliphatic heterocycles. The third-order valence-corrected chi connectivity index (χ3v) is 8.62. The zero-order valence-electron chi connectivity index (χ0n) is 21.8. The predicted molar refractivity (Wildman–Crippen MR) is 152 cm³/mol. The number of benzene rings is 2. The summed E-state index contributed by atoms with van der Waals surface area (Å²) in [7, 11) is 1.62. The van der Waals surface area contributed by atoms with Crippen LogP contribution < -0.4 is 4.74 Å². The highest BCUT2D eigenvalue weighted by molar-refractivity contribution is 6.42. The summed E-state index contributed by atoms with van der Waals surface area (Å²) in [5.41, 5.74) is 2.72. The van der Waals surface area contributed by atoms with Crippen molar-refractivity contribution in [2.45, 2.75) is 51.0 Å². The number of rotatable bonds is 12. The van der Waals surface area contributed by atoms with Gasteiger partial charge in [0, 0.05) is 24.5 Å². The van der Waals surface area contributed by atoms with Gasteiger partial charge in [0.05, 0.1) is 28.8 Å². The third-order valence-electron chi connectivity index (χ3n) is 7.77. The van der Waals surface area contributed by atoms with Crippen molar-refractivity contribution in [2.24, 2.45) is 11.8 Å². The van der Waals surface area contributed by atoms with Crippen LogP contribution in [0.25, 0.3) is 10.9 Å². The van der Waals surface area contributed by atoms with Gasteiger partial charge in [-0.15, -0.1) is 0 Å². The Kier molecular flexibility index (Phi) is 10.3. The van der Waals surface area contributed by atoms with E-state index in [0.29, 0.717) is 16.5 Å². The van der Waals surface area contributed by atoms with Crippen LogP contribution >= 0.6 is 23.2 Å². The Morgan fingerprint density at radius 1 is 1.18 bits per heavy atom. The number of aliphatic hydroxyl groups is 1. The van der Waals surface area contributed by atoms with Gasteiger partial charge in [-0.25, -0.2) is 0 Å². The third kappa shape index (κ3) is 7.38. The van der Waals surface area contributed by atoms with Gasteiger partial charge in [0.1, 0.15) is 5.75 Å². The molecule has 1 aromatic heterocycles. The Bertz CT molecular complexity index is 1240. The van der Waals surface area contributed by atoms with Gasteiger partial charge in [-0.3, -0.25) is 9.78 Å². The molecule has 2 heterocycles. The number of nitrogens with zero attached hydrogens (tertiary/aromatic N) is 2. The zero-order chi connectivity index (χ0) is 27.1. The number of carbonyl (C=O) groups is 1. The summed E-state index contributed by atoms with van der Waals surface area (Å²) in [5, 5.41) is 22.8. The monoisotopic (exact) mass is 558 g/mol.